The Morgan fingerprint density at radius 1 is 0.613 bits per heavy atom. The van der Waals surface area contributed by atoms with Crippen molar-refractivity contribution in [1.82, 2.24) is 4.98 Å². The molecule has 4 heteroatoms. The van der Waals surface area contributed by atoms with Crippen molar-refractivity contribution in [3.63, 3.8) is 0 Å². The fraction of sp³-hybridized carbons (Fsp3) is 0. The number of hydrogen-bond donors (Lipinski definition) is 1. The van der Waals surface area contributed by atoms with Crippen molar-refractivity contribution in [2.24, 2.45) is 0 Å². The van der Waals surface area contributed by atoms with Gasteiger partial charge in [0.05, 0.1) is 0 Å². The fourth-order valence-corrected chi connectivity index (χ4v) is 6.77. The number of para-hydroxylation sites is 1. The van der Waals surface area contributed by atoms with Crippen LogP contribution in [0, 0.1) is 0 Å². The van der Waals surface area contributed by atoms with Crippen molar-refractivity contribution >= 4 is 27.2 Å². The van der Waals surface area contributed by atoms with Gasteiger partial charge in [0, 0.05) is 25.6 Å². The predicted molar refractivity (Wildman–Crippen MR) is 125 cm³/mol. The summed E-state index contributed by atoms with van der Waals surface area (Å²) in [6.07, 6.45) is 0. The number of hydrogen-bond acceptors (Lipinski definition) is 2. The van der Waals surface area contributed by atoms with E-state index >= 15 is 0 Å². The van der Waals surface area contributed by atoms with Crippen LogP contribution in [0.3, 0.4) is 0 Å². The van der Waals surface area contributed by atoms with E-state index < -0.39 is 10.3 Å². The van der Waals surface area contributed by atoms with E-state index in [4.69, 9.17) is 4.18 Å². The fourth-order valence-electron chi connectivity index (χ4n) is 3.73. The lowest BCUT2D eigenvalue weighted by molar-refractivity contribution is 0.0752. The van der Waals surface area contributed by atoms with Gasteiger partial charge in [-0.15, -0.1) is 0 Å². The zero-order chi connectivity index (χ0) is 21.1. The Morgan fingerprint density at radius 3 is 1.55 bits per heavy atom. The molecule has 0 aliphatic heterocycles. The Morgan fingerprint density at radius 2 is 1.06 bits per heavy atom. The molecule has 152 valence electrons. The maximum absolute atomic E-state index is 13.5. The van der Waals surface area contributed by atoms with Gasteiger partial charge in [0.2, 0.25) is 0 Å². The summed E-state index contributed by atoms with van der Waals surface area (Å²) < 4.78 is 6.53. The summed E-state index contributed by atoms with van der Waals surface area (Å²) in [7, 11) is -2.29. The Kier molecular flexibility index (Phi) is 5.06. The van der Waals surface area contributed by atoms with E-state index in [9.17, 15) is 4.79 Å². The van der Waals surface area contributed by atoms with Crippen molar-refractivity contribution in [2.45, 2.75) is 14.7 Å². The molecule has 3 nitrogen and oxygen atoms in total. The van der Waals surface area contributed by atoms with Crippen molar-refractivity contribution < 1.29 is 8.98 Å². The number of carbonyl (C=O) groups is 1. The molecule has 0 spiro atoms. The van der Waals surface area contributed by atoms with Gasteiger partial charge in [-0.05, 0) is 58.8 Å². The Hall–Kier alpha value is -3.76. The van der Waals surface area contributed by atoms with Gasteiger partial charge >= 0.3 is 5.97 Å². The summed E-state index contributed by atoms with van der Waals surface area (Å²) in [5.41, 5.74) is 1.36. The highest BCUT2D eigenvalue weighted by Crippen LogP contribution is 2.69. The summed E-state index contributed by atoms with van der Waals surface area (Å²) in [4.78, 5) is 19.6. The average molecular weight is 424 g/mol. The van der Waals surface area contributed by atoms with Gasteiger partial charge in [0.1, 0.15) is 5.69 Å². The number of H-pyrrole nitrogens is 1. The van der Waals surface area contributed by atoms with Crippen molar-refractivity contribution in [2.75, 3.05) is 0 Å². The number of benzene rings is 4. The van der Waals surface area contributed by atoms with E-state index in [0.717, 1.165) is 25.6 Å². The minimum atomic E-state index is -2.29. The maximum Gasteiger partial charge on any atom is 0.366 e. The first-order chi connectivity index (χ1) is 15.3. The summed E-state index contributed by atoms with van der Waals surface area (Å²) in [5.74, 6) is -0.372. The van der Waals surface area contributed by atoms with Crippen LogP contribution < -0.4 is 0 Å². The Balaban J connectivity index is 1.70. The molecule has 0 aliphatic carbocycles. The monoisotopic (exact) mass is 423 g/mol. The van der Waals surface area contributed by atoms with Gasteiger partial charge in [0.15, 0.2) is 0 Å². The molecule has 0 fully saturated rings. The standard InChI is InChI=1S/C27H21NO2S/c29-27(26-20-21-12-10-11-19-25(21)28-26)30-31(22-13-4-1-5-14-22,23-15-6-2-7-16-23)24-17-8-3-9-18-24/h1-20,28H. The van der Waals surface area contributed by atoms with Gasteiger partial charge in [0.25, 0.3) is 0 Å². The number of carbonyl (C=O) groups excluding carboxylic acids is 1. The largest absolute Gasteiger partial charge is 0.397 e. The van der Waals surface area contributed by atoms with Gasteiger partial charge in [-0.25, -0.2) is 4.79 Å². The number of fused-ring (bicyclic) bond motifs is 1. The van der Waals surface area contributed by atoms with Gasteiger partial charge in [-0.1, -0.05) is 72.8 Å². The van der Waals surface area contributed by atoms with Gasteiger partial charge in [-0.2, -0.15) is 0 Å². The second-order valence-electron chi connectivity index (χ2n) is 7.14. The second kappa shape index (κ2) is 8.17. The summed E-state index contributed by atoms with van der Waals surface area (Å²) in [5, 5.41) is 0.981. The van der Waals surface area contributed by atoms with Gasteiger partial charge < -0.3 is 9.17 Å². The van der Waals surface area contributed by atoms with Crippen LogP contribution in [0.15, 0.2) is 136 Å². The lowest BCUT2D eigenvalue weighted by Gasteiger charge is -2.39. The molecule has 5 rings (SSSR count). The maximum atomic E-state index is 13.5. The highest BCUT2D eigenvalue weighted by Gasteiger charge is 2.36. The molecule has 0 saturated heterocycles. The number of aromatic nitrogens is 1. The molecular formula is C27H21NO2S. The summed E-state index contributed by atoms with van der Waals surface area (Å²) in [6, 6.07) is 39.7. The lowest BCUT2D eigenvalue weighted by atomic mass is 10.2. The van der Waals surface area contributed by atoms with E-state index in [1.54, 1.807) is 0 Å². The molecule has 0 saturated carbocycles. The lowest BCUT2D eigenvalue weighted by Crippen LogP contribution is -2.14. The smallest absolute Gasteiger partial charge is 0.366 e. The second-order valence-corrected chi connectivity index (χ2v) is 9.83. The van der Waals surface area contributed by atoms with E-state index in [1.807, 2.05) is 121 Å². The molecule has 0 unspecified atom stereocenters. The minimum absolute atomic E-state index is 0.372. The zero-order valence-electron chi connectivity index (χ0n) is 16.8. The third-order valence-electron chi connectivity index (χ3n) is 5.18. The van der Waals surface area contributed by atoms with Crippen LogP contribution in [0.1, 0.15) is 10.5 Å². The minimum Gasteiger partial charge on any atom is -0.397 e. The Bertz CT molecular complexity index is 1190. The number of rotatable bonds is 5. The molecule has 1 heterocycles. The molecule has 0 aliphatic rings. The van der Waals surface area contributed by atoms with E-state index in [-0.39, 0.29) is 5.97 Å². The normalized spacial score (nSPS) is 11.9. The van der Waals surface area contributed by atoms with E-state index in [2.05, 4.69) is 4.98 Å². The van der Waals surface area contributed by atoms with E-state index in [1.165, 1.54) is 0 Å². The molecule has 31 heavy (non-hydrogen) atoms. The van der Waals surface area contributed by atoms with Crippen LogP contribution >= 0.6 is 10.3 Å². The first kappa shape index (κ1) is 19.2. The molecule has 0 radical (unpaired) electrons. The van der Waals surface area contributed by atoms with Crippen molar-refractivity contribution in [1.29, 1.82) is 0 Å². The van der Waals surface area contributed by atoms with Crippen LogP contribution in [0.25, 0.3) is 10.9 Å². The highest BCUT2D eigenvalue weighted by atomic mass is 32.3. The molecular weight excluding hydrogens is 402 g/mol. The van der Waals surface area contributed by atoms with Crippen LogP contribution in [0.2, 0.25) is 0 Å². The third-order valence-corrected chi connectivity index (χ3v) is 8.39. The molecule has 4 aromatic carbocycles. The summed E-state index contributed by atoms with van der Waals surface area (Å²) >= 11 is 0. The number of nitrogens with one attached hydrogen (secondary N) is 1. The molecule has 0 bridgehead atoms. The Labute approximate surface area is 182 Å². The molecule has 0 amide bonds. The van der Waals surface area contributed by atoms with Crippen LogP contribution in [-0.4, -0.2) is 11.0 Å². The van der Waals surface area contributed by atoms with Crippen LogP contribution in [0.4, 0.5) is 0 Å². The first-order valence-corrected chi connectivity index (χ1v) is 11.6. The third kappa shape index (κ3) is 3.51. The zero-order valence-corrected chi connectivity index (χ0v) is 17.6. The van der Waals surface area contributed by atoms with Crippen LogP contribution in [-0.2, 0) is 4.18 Å². The molecule has 5 aromatic rings. The van der Waals surface area contributed by atoms with E-state index in [0.29, 0.717) is 5.69 Å². The summed E-state index contributed by atoms with van der Waals surface area (Å²) in [6.45, 7) is 0. The topological polar surface area (TPSA) is 42.1 Å². The van der Waals surface area contributed by atoms with Crippen molar-refractivity contribution in [3.05, 3.63) is 127 Å². The molecule has 0 atom stereocenters. The molecule has 1 N–H and O–H groups in total. The SMILES string of the molecule is O=C(OS(c1ccccc1)(c1ccccc1)c1ccccc1)c1cc2ccccc2[nH]1. The predicted octanol–water partition coefficient (Wildman–Crippen LogP) is 7.22. The van der Waals surface area contributed by atoms with Gasteiger partial charge in [-0.3, -0.25) is 0 Å². The first-order valence-electron chi connectivity index (χ1n) is 10.1. The average Bonchev–Trinajstić information content (AvgIpc) is 3.29. The van der Waals surface area contributed by atoms with Crippen LogP contribution in [0.5, 0.6) is 0 Å². The van der Waals surface area contributed by atoms with Crippen molar-refractivity contribution in [3.8, 4) is 0 Å². The number of aromatic amines is 1. The quantitative estimate of drug-likeness (QED) is 0.324. The molecule has 1 aromatic heterocycles. The highest BCUT2D eigenvalue weighted by molar-refractivity contribution is 8.30.